The van der Waals surface area contributed by atoms with Gasteiger partial charge in [0.1, 0.15) is 5.82 Å². The van der Waals surface area contributed by atoms with E-state index < -0.39 is 17.8 Å². The number of urea groups is 1. The number of carbonyl (C=O) groups excluding carboxylic acids is 2. The van der Waals surface area contributed by atoms with E-state index in [0.717, 1.165) is 0 Å². The van der Waals surface area contributed by atoms with Crippen molar-refractivity contribution in [3.05, 3.63) is 59.9 Å². The maximum Gasteiger partial charge on any atom is 0.340 e. The predicted octanol–water partition coefficient (Wildman–Crippen LogP) is 4.03. The fourth-order valence-electron chi connectivity index (χ4n) is 1.90. The van der Waals surface area contributed by atoms with E-state index >= 15 is 0 Å². The zero-order chi connectivity index (χ0) is 16.8. The van der Waals surface area contributed by atoms with E-state index in [1.165, 1.54) is 18.2 Å². The minimum absolute atomic E-state index is 0.246. The van der Waals surface area contributed by atoms with Crippen LogP contribution in [0, 0.1) is 5.82 Å². The first kappa shape index (κ1) is 16.5. The molecule has 2 aromatic carbocycles. The summed E-state index contributed by atoms with van der Waals surface area (Å²) < 4.78 is 18.2. The van der Waals surface area contributed by atoms with Gasteiger partial charge in [-0.25, -0.2) is 14.0 Å². The molecule has 0 saturated carbocycles. The zero-order valence-electron chi connectivity index (χ0n) is 12.8. The summed E-state index contributed by atoms with van der Waals surface area (Å²) in [4.78, 5) is 24.0. The van der Waals surface area contributed by atoms with Crippen LogP contribution in [0.4, 0.5) is 20.6 Å². The highest BCUT2D eigenvalue weighted by Gasteiger charge is 2.15. The molecule has 0 aliphatic rings. The lowest BCUT2D eigenvalue weighted by atomic mass is 10.2. The van der Waals surface area contributed by atoms with Crippen molar-refractivity contribution < 1.29 is 18.7 Å². The van der Waals surface area contributed by atoms with Crippen molar-refractivity contribution in [1.82, 2.24) is 0 Å². The molecule has 0 aromatic heterocycles. The lowest BCUT2D eigenvalue weighted by Crippen LogP contribution is -2.22. The summed E-state index contributed by atoms with van der Waals surface area (Å²) in [5, 5.41) is 5.06. The van der Waals surface area contributed by atoms with Gasteiger partial charge in [0.15, 0.2) is 0 Å². The van der Waals surface area contributed by atoms with E-state index in [2.05, 4.69) is 10.6 Å². The second kappa shape index (κ2) is 7.40. The predicted molar refractivity (Wildman–Crippen MR) is 86.0 cm³/mol. The first-order valence-corrected chi connectivity index (χ1v) is 7.09. The average Bonchev–Trinajstić information content (AvgIpc) is 2.46. The molecule has 120 valence electrons. The third kappa shape index (κ3) is 4.81. The normalized spacial score (nSPS) is 10.3. The molecule has 0 fully saturated rings. The first-order valence-electron chi connectivity index (χ1n) is 7.09. The Hall–Kier alpha value is -2.89. The molecule has 0 radical (unpaired) electrons. The standard InChI is InChI=1S/C17H17FN2O3/c1-11(2)23-16(21)14-8-3-4-9-15(14)20-17(22)19-13-7-5-6-12(18)10-13/h3-11H,1-2H3,(H2,19,20,22). The van der Waals surface area contributed by atoms with E-state index in [0.29, 0.717) is 11.4 Å². The number of benzene rings is 2. The van der Waals surface area contributed by atoms with Gasteiger partial charge in [-0.05, 0) is 44.2 Å². The van der Waals surface area contributed by atoms with E-state index in [1.54, 1.807) is 44.2 Å². The van der Waals surface area contributed by atoms with Gasteiger partial charge in [-0.1, -0.05) is 18.2 Å². The summed E-state index contributed by atoms with van der Waals surface area (Å²) in [7, 11) is 0. The molecule has 2 amide bonds. The summed E-state index contributed by atoms with van der Waals surface area (Å²) in [6.45, 7) is 3.48. The monoisotopic (exact) mass is 316 g/mol. The van der Waals surface area contributed by atoms with Crippen LogP contribution in [0.5, 0.6) is 0 Å². The second-order valence-electron chi connectivity index (χ2n) is 5.09. The molecule has 6 heteroatoms. The van der Waals surface area contributed by atoms with Crippen LogP contribution in [-0.2, 0) is 4.74 Å². The van der Waals surface area contributed by atoms with Crippen LogP contribution in [-0.4, -0.2) is 18.1 Å². The molecule has 0 saturated heterocycles. The number of nitrogens with one attached hydrogen (secondary N) is 2. The lowest BCUT2D eigenvalue weighted by Gasteiger charge is -2.13. The molecule has 2 aromatic rings. The minimum atomic E-state index is -0.583. The van der Waals surface area contributed by atoms with Gasteiger partial charge in [0, 0.05) is 5.69 Å². The Morgan fingerprint density at radius 3 is 2.48 bits per heavy atom. The molecule has 0 unspecified atom stereocenters. The van der Waals surface area contributed by atoms with Crippen LogP contribution in [0.1, 0.15) is 24.2 Å². The second-order valence-corrected chi connectivity index (χ2v) is 5.09. The Bertz CT molecular complexity index is 716. The highest BCUT2D eigenvalue weighted by atomic mass is 19.1. The van der Waals surface area contributed by atoms with Gasteiger partial charge in [0.25, 0.3) is 0 Å². The molecule has 2 N–H and O–H groups in total. The van der Waals surface area contributed by atoms with Crippen LogP contribution in [0.25, 0.3) is 0 Å². The van der Waals surface area contributed by atoms with E-state index in [1.807, 2.05) is 0 Å². The summed E-state index contributed by atoms with van der Waals surface area (Å²) in [6.07, 6.45) is -0.267. The van der Waals surface area contributed by atoms with Gasteiger partial charge in [-0.2, -0.15) is 0 Å². The Morgan fingerprint density at radius 1 is 1.04 bits per heavy atom. The van der Waals surface area contributed by atoms with Crippen molar-refractivity contribution in [2.24, 2.45) is 0 Å². The van der Waals surface area contributed by atoms with Crippen LogP contribution in [0.2, 0.25) is 0 Å². The number of hydrogen-bond donors (Lipinski definition) is 2. The van der Waals surface area contributed by atoms with Crippen LogP contribution in [0.15, 0.2) is 48.5 Å². The summed E-state index contributed by atoms with van der Waals surface area (Å²) >= 11 is 0. The van der Waals surface area contributed by atoms with E-state index in [-0.39, 0.29) is 11.7 Å². The molecule has 0 aliphatic heterocycles. The number of anilines is 2. The maximum absolute atomic E-state index is 13.1. The Kier molecular flexibility index (Phi) is 5.30. The van der Waals surface area contributed by atoms with Gasteiger partial charge in [-0.3, -0.25) is 0 Å². The number of hydrogen-bond acceptors (Lipinski definition) is 3. The highest BCUT2D eigenvalue weighted by Crippen LogP contribution is 2.18. The highest BCUT2D eigenvalue weighted by molar-refractivity contribution is 6.05. The third-order valence-electron chi connectivity index (χ3n) is 2.82. The molecule has 0 aliphatic carbocycles. The molecule has 5 nitrogen and oxygen atoms in total. The number of para-hydroxylation sites is 1. The molecule has 23 heavy (non-hydrogen) atoms. The van der Waals surface area contributed by atoms with Crippen molar-refractivity contribution in [3.63, 3.8) is 0 Å². The topological polar surface area (TPSA) is 67.4 Å². The largest absolute Gasteiger partial charge is 0.459 e. The summed E-state index contributed by atoms with van der Waals surface area (Å²) in [5.74, 6) is -0.981. The third-order valence-corrected chi connectivity index (χ3v) is 2.82. The van der Waals surface area contributed by atoms with Crippen LogP contribution >= 0.6 is 0 Å². The van der Waals surface area contributed by atoms with Gasteiger partial charge in [0.05, 0.1) is 17.4 Å². The summed E-state index contributed by atoms with van der Waals surface area (Å²) in [5.41, 5.74) is 0.868. The maximum atomic E-state index is 13.1. The zero-order valence-corrected chi connectivity index (χ0v) is 12.8. The summed E-state index contributed by atoms with van der Waals surface area (Å²) in [6, 6.07) is 11.4. The lowest BCUT2D eigenvalue weighted by molar-refractivity contribution is 0.0379. The number of rotatable bonds is 4. The SMILES string of the molecule is CC(C)OC(=O)c1ccccc1NC(=O)Nc1cccc(F)c1. The molecule has 2 rings (SSSR count). The van der Waals surface area contributed by atoms with Gasteiger partial charge in [0.2, 0.25) is 0 Å². The molecular formula is C17H17FN2O3. The van der Waals surface area contributed by atoms with Crippen molar-refractivity contribution in [3.8, 4) is 0 Å². The van der Waals surface area contributed by atoms with Crippen molar-refractivity contribution in [2.45, 2.75) is 20.0 Å². The molecule has 0 heterocycles. The van der Waals surface area contributed by atoms with Gasteiger partial charge >= 0.3 is 12.0 Å². The van der Waals surface area contributed by atoms with Gasteiger partial charge in [-0.15, -0.1) is 0 Å². The molecule has 0 atom stereocenters. The number of amides is 2. The average molecular weight is 316 g/mol. The van der Waals surface area contributed by atoms with Crippen molar-refractivity contribution >= 4 is 23.4 Å². The minimum Gasteiger partial charge on any atom is -0.459 e. The Labute approximate surface area is 133 Å². The van der Waals surface area contributed by atoms with E-state index in [4.69, 9.17) is 4.74 Å². The Balaban J connectivity index is 2.10. The quantitative estimate of drug-likeness (QED) is 0.837. The molecule has 0 spiro atoms. The number of esters is 1. The van der Waals surface area contributed by atoms with Crippen molar-refractivity contribution in [1.29, 1.82) is 0 Å². The van der Waals surface area contributed by atoms with Crippen LogP contribution in [0.3, 0.4) is 0 Å². The first-order chi connectivity index (χ1) is 11.0. The number of carbonyl (C=O) groups is 2. The smallest absolute Gasteiger partial charge is 0.340 e. The fraction of sp³-hybridized carbons (Fsp3) is 0.176. The van der Waals surface area contributed by atoms with Crippen LogP contribution < -0.4 is 10.6 Å². The van der Waals surface area contributed by atoms with Crippen molar-refractivity contribution in [2.75, 3.05) is 10.6 Å². The fourth-order valence-corrected chi connectivity index (χ4v) is 1.90. The molecular weight excluding hydrogens is 299 g/mol. The number of halogens is 1. The molecule has 0 bridgehead atoms. The van der Waals surface area contributed by atoms with Gasteiger partial charge < -0.3 is 15.4 Å². The Morgan fingerprint density at radius 2 is 1.78 bits per heavy atom. The van der Waals surface area contributed by atoms with E-state index in [9.17, 15) is 14.0 Å². The number of ether oxygens (including phenoxy) is 1.